The lowest BCUT2D eigenvalue weighted by molar-refractivity contribution is 0.157. The zero-order chi connectivity index (χ0) is 33.0. The van der Waals surface area contributed by atoms with Crippen molar-refractivity contribution < 1.29 is 17.9 Å². The average Bonchev–Trinajstić information content (AvgIpc) is 3.11. The molecular formula is C43H55F3O. The van der Waals surface area contributed by atoms with Crippen LogP contribution >= 0.6 is 0 Å². The Morgan fingerprint density at radius 1 is 0.681 bits per heavy atom. The molecule has 0 unspecified atom stereocenters. The Kier molecular flexibility index (Phi) is 13.5. The summed E-state index contributed by atoms with van der Waals surface area (Å²) in [5.41, 5.74) is 3.07. The third-order valence-electron chi connectivity index (χ3n) is 11.1. The molecule has 2 aliphatic rings. The molecule has 0 aliphatic heterocycles. The van der Waals surface area contributed by atoms with Gasteiger partial charge in [0, 0.05) is 11.1 Å². The first-order valence-corrected chi connectivity index (χ1v) is 18.6. The number of rotatable bonds is 16. The van der Waals surface area contributed by atoms with Crippen LogP contribution in [0.4, 0.5) is 13.2 Å². The number of benzene rings is 3. The second-order valence-corrected chi connectivity index (χ2v) is 14.3. The van der Waals surface area contributed by atoms with Crippen LogP contribution in [0.1, 0.15) is 128 Å². The predicted octanol–water partition coefficient (Wildman–Crippen LogP) is 13.6. The van der Waals surface area contributed by atoms with E-state index in [1.165, 1.54) is 76.7 Å². The minimum atomic E-state index is -0.961. The second-order valence-electron chi connectivity index (χ2n) is 14.3. The van der Waals surface area contributed by atoms with Crippen LogP contribution in [-0.2, 0) is 0 Å². The van der Waals surface area contributed by atoms with Gasteiger partial charge in [-0.1, -0.05) is 101 Å². The van der Waals surface area contributed by atoms with Crippen LogP contribution < -0.4 is 4.74 Å². The molecule has 2 aliphatic carbocycles. The van der Waals surface area contributed by atoms with Gasteiger partial charge in [-0.15, -0.1) is 6.58 Å². The van der Waals surface area contributed by atoms with Gasteiger partial charge >= 0.3 is 0 Å². The number of halogens is 3. The van der Waals surface area contributed by atoms with E-state index in [1.807, 2.05) is 6.07 Å². The molecule has 0 saturated heterocycles. The third-order valence-corrected chi connectivity index (χ3v) is 11.1. The van der Waals surface area contributed by atoms with Gasteiger partial charge in [0.1, 0.15) is 5.82 Å². The van der Waals surface area contributed by atoms with Crippen molar-refractivity contribution in [1.82, 2.24) is 0 Å². The van der Waals surface area contributed by atoms with Crippen LogP contribution in [0.25, 0.3) is 22.3 Å². The summed E-state index contributed by atoms with van der Waals surface area (Å²) < 4.78 is 51.0. The number of allylic oxidation sites excluding steroid dienone is 1. The number of hydrogen-bond acceptors (Lipinski definition) is 1. The molecule has 4 heteroatoms. The fourth-order valence-corrected chi connectivity index (χ4v) is 8.18. The Hall–Kier alpha value is -3.01. The second kappa shape index (κ2) is 17.9. The molecular weight excluding hydrogens is 589 g/mol. The molecule has 47 heavy (non-hydrogen) atoms. The van der Waals surface area contributed by atoms with Gasteiger partial charge < -0.3 is 4.74 Å². The largest absolute Gasteiger partial charge is 0.490 e. The molecule has 254 valence electrons. The van der Waals surface area contributed by atoms with Crippen molar-refractivity contribution in [1.29, 1.82) is 0 Å². The average molecular weight is 645 g/mol. The van der Waals surface area contributed by atoms with E-state index in [9.17, 15) is 4.39 Å². The van der Waals surface area contributed by atoms with Crippen molar-refractivity contribution in [2.24, 2.45) is 17.8 Å². The third kappa shape index (κ3) is 9.55. The van der Waals surface area contributed by atoms with Gasteiger partial charge in [0.05, 0.1) is 6.61 Å². The van der Waals surface area contributed by atoms with Gasteiger partial charge in [0.25, 0.3) is 0 Å². The maximum Gasteiger partial charge on any atom is 0.201 e. The standard InChI is InChI=1S/C43H55F3O/c1-3-5-7-8-9-10-11-29-47-41-28-27-39(42(45)43(41)46)36-23-21-35(22-24-36)38-26-25-37(30-40(38)44)34-19-17-33(18-20-34)32-15-13-31(14-16-32)12-6-4-2/h4,21-28,30-34H,2-3,5-20,29H2,1H3. The van der Waals surface area contributed by atoms with Gasteiger partial charge in [0.2, 0.25) is 5.82 Å². The van der Waals surface area contributed by atoms with Crippen molar-refractivity contribution in [3.05, 3.63) is 90.3 Å². The van der Waals surface area contributed by atoms with Crippen LogP contribution in [0.2, 0.25) is 0 Å². The zero-order valence-corrected chi connectivity index (χ0v) is 28.6. The lowest BCUT2D eigenvalue weighted by Crippen LogP contribution is -2.25. The Labute approximate surface area is 282 Å². The summed E-state index contributed by atoms with van der Waals surface area (Å²) in [5.74, 6) is 0.842. The zero-order valence-electron chi connectivity index (χ0n) is 28.6. The summed E-state index contributed by atoms with van der Waals surface area (Å²) in [4.78, 5) is 0. The van der Waals surface area contributed by atoms with E-state index in [2.05, 4.69) is 25.6 Å². The van der Waals surface area contributed by atoms with Gasteiger partial charge in [-0.2, -0.15) is 4.39 Å². The minimum Gasteiger partial charge on any atom is -0.490 e. The summed E-state index contributed by atoms with van der Waals surface area (Å²) in [5, 5.41) is 0. The van der Waals surface area contributed by atoms with E-state index in [-0.39, 0.29) is 17.1 Å². The van der Waals surface area contributed by atoms with Crippen molar-refractivity contribution in [2.75, 3.05) is 6.61 Å². The number of unbranched alkanes of at least 4 members (excludes halogenated alkanes) is 6. The first kappa shape index (κ1) is 35.3. The quantitative estimate of drug-likeness (QED) is 0.111. The molecule has 0 heterocycles. The monoisotopic (exact) mass is 644 g/mol. The summed E-state index contributed by atoms with van der Waals surface area (Å²) in [6.45, 7) is 6.45. The van der Waals surface area contributed by atoms with Gasteiger partial charge in [-0.25, -0.2) is 8.78 Å². The summed E-state index contributed by atoms with van der Waals surface area (Å²) in [6.07, 6.45) is 22.7. The highest BCUT2D eigenvalue weighted by Crippen LogP contribution is 2.45. The highest BCUT2D eigenvalue weighted by molar-refractivity contribution is 5.71. The van der Waals surface area contributed by atoms with E-state index in [1.54, 1.807) is 36.4 Å². The van der Waals surface area contributed by atoms with Crippen LogP contribution in [0.15, 0.2) is 67.3 Å². The minimum absolute atomic E-state index is 0.0495. The number of ether oxygens (including phenoxy) is 1. The highest BCUT2D eigenvalue weighted by Gasteiger charge is 2.31. The molecule has 2 fully saturated rings. The Bertz CT molecular complexity index is 1400. The van der Waals surface area contributed by atoms with E-state index in [0.717, 1.165) is 67.4 Å². The SMILES string of the molecule is C=CCCC1CCC(C2CCC(c3ccc(-c4ccc(-c5ccc(OCCCCCCCCC)c(F)c5F)cc4)c(F)c3)CC2)CC1. The molecule has 0 radical (unpaired) electrons. The molecule has 0 atom stereocenters. The van der Waals surface area contributed by atoms with E-state index in [0.29, 0.717) is 23.7 Å². The van der Waals surface area contributed by atoms with Gasteiger partial charge in [0.15, 0.2) is 11.6 Å². The Balaban J connectivity index is 1.12. The fourth-order valence-electron chi connectivity index (χ4n) is 8.18. The molecule has 5 rings (SSSR count). The molecule has 0 spiro atoms. The first-order chi connectivity index (χ1) is 23.0. The summed E-state index contributed by atoms with van der Waals surface area (Å²) in [6, 6.07) is 15.8. The molecule has 0 amide bonds. The molecule has 1 nitrogen and oxygen atoms in total. The first-order valence-electron chi connectivity index (χ1n) is 18.6. The lowest BCUT2D eigenvalue weighted by Gasteiger charge is -2.38. The fraction of sp³-hybridized carbons (Fsp3) is 0.535. The van der Waals surface area contributed by atoms with Crippen LogP contribution in [-0.4, -0.2) is 6.61 Å². The number of hydrogen-bond donors (Lipinski definition) is 0. The maximum atomic E-state index is 15.5. The normalized spacial score (nSPS) is 21.4. The van der Waals surface area contributed by atoms with Crippen LogP contribution in [0.5, 0.6) is 5.75 Å². The van der Waals surface area contributed by atoms with Crippen molar-refractivity contribution in [2.45, 2.75) is 122 Å². The molecule has 3 aromatic rings. The van der Waals surface area contributed by atoms with Gasteiger partial charge in [-0.05, 0) is 116 Å². The molecule has 0 aromatic heterocycles. The Morgan fingerprint density at radius 2 is 1.28 bits per heavy atom. The van der Waals surface area contributed by atoms with Gasteiger partial charge in [-0.3, -0.25) is 0 Å². The smallest absolute Gasteiger partial charge is 0.201 e. The molecule has 3 aromatic carbocycles. The molecule has 0 N–H and O–H groups in total. The van der Waals surface area contributed by atoms with E-state index in [4.69, 9.17) is 4.74 Å². The van der Waals surface area contributed by atoms with Crippen molar-refractivity contribution in [3.63, 3.8) is 0 Å². The van der Waals surface area contributed by atoms with Crippen molar-refractivity contribution >= 4 is 0 Å². The van der Waals surface area contributed by atoms with E-state index < -0.39 is 11.6 Å². The van der Waals surface area contributed by atoms with Crippen LogP contribution in [0, 0.1) is 35.2 Å². The summed E-state index contributed by atoms with van der Waals surface area (Å²) in [7, 11) is 0. The summed E-state index contributed by atoms with van der Waals surface area (Å²) >= 11 is 0. The van der Waals surface area contributed by atoms with Crippen molar-refractivity contribution in [3.8, 4) is 28.0 Å². The molecule has 2 saturated carbocycles. The highest BCUT2D eigenvalue weighted by atomic mass is 19.2. The topological polar surface area (TPSA) is 9.23 Å². The Morgan fingerprint density at radius 3 is 1.91 bits per heavy atom. The predicted molar refractivity (Wildman–Crippen MR) is 190 cm³/mol. The molecule has 0 bridgehead atoms. The van der Waals surface area contributed by atoms with E-state index >= 15 is 8.78 Å². The van der Waals surface area contributed by atoms with Crippen LogP contribution in [0.3, 0.4) is 0 Å². The maximum absolute atomic E-state index is 15.5. The lowest BCUT2D eigenvalue weighted by atomic mass is 9.68.